The maximum Gasteiger partial charge on any atom is 0.299 e. The summed E-state index contributed by atoms with van der Waals surface area (Å²) in [6.07, 6.45) is 4.43. The second kappa shape index (κ2) is 7.26. The third-order valence-electron chi connectivity index (χ3n) is 3.23. The monoisotopic (exact) mass is 328 g/mol. The van der Waals surface area contributed by atoms with Gasteiger partial charge >= 0.3 is 0 Å². The van der Waals surface area contributed by atoms with Gasteiger partial charge in [-0.1, -0.05) is 23.5 Å². The molecule has 0 aliphatic heterocycles. The van der Waals surface area contributed by atoms with Crippen molar-refractivity contribution in [3.63, 3.8) is 0 Å². The molecule has 7 heteroatoms. The van der Waals surface area contributed by atoms with Crippen LogP contribution in [0.25, 0.3) is 10.2 Å². The average molecular weight is 328 g/mol. The van der Waals surface area contributed by atoms with Gasteiger partial charge in [-0.05, 0) is 19.1 Å². The van der Waals surface area contributed by atoms with Crippen LogP contribution in [0.4, 0.5) is 0 Å². The standard InChI is InChI=1S/C16H16N4O2S/c1-2-22-10-9-20-13-5-3-4-6-14(13)23-16(20)19-15(21)12-11-17-7-8-18-12/h3-8,11H,2,9-10H2,1H3. The highest BCUT2D eigenvalue weighted by atomic mass is 32.1. The molecule has 0 fully saturated rings. The van der Waals surface area contributed by atoms with Crippen LogP contribution < -0.4 is 4.80 Å². The fourth-order valence-electron chi connectivity index (χ4n) is 2.18. The normalized spacial score (nSPS) is 12.0. The van der Waals surface area contributed by atoms with Crippen molar-refractivity contribution >= 4 is 27.5 Å². The third kappa shape index (κ3) is 3.52. The molecule has 0 bridgehead atoms. The van der Waals surface area contributed by atoms with Gasteiger partial charge in [0.25, 0.3) is 5.91 Å². The van der Waals surface area contributed by atoms with E-state index in [1.807, 2.05) is 35.8 Å². The number of rotatable bonds is 5. The van der Waals surface area contributed by atoms with Crippen molar-refractivity contribution < 1.29 is 9.53 Å². The highest BCUT2D eigenvalue weighted by Gasteiger charge is 2.09. The van der Waals surface area contributed by atoms with E-state index in [4.69, 9.17) is 4.74 Å². The van der Waals surface area contributed by atoms with E-state index in [9.17, 15) is 4.79 Å². The summed E-state index contributed by atoms with van der Waals surface area (Å²) in [6.45, 7) is 3.83. The fraction of sp³-hybridized carbons (Fsp3) is 0.250. The molecule has 0 radical (unpaired) electrons. The molecule has 0 aliphatic rings. The maximum atomic E-state index is 12.3. The van der Waals surface area contributed by atoms with E-state index < -0.39 is 5.91 Å². The molecule has 0 unspecified atom stereocenters. The van der Waals surface area contributed by atoms with Crippen molar-refractivity contribution in [1.82, 2.24) is 14.5 Å². The molecule has 3 aromatic rings. The van der Waals surface area contributed by atoms with Gasteiger partial charge in [0.2, 0.25) is 0 Å². The quantitative estimate of drug-likeness (QED) is 0.674. The number of benzene rings is 1. The van der Waals surface area contributed by atoms with Crippen molar-refractivity contribution in [3.05, 3.63) is 53.4 Å². The highest BCUT2D eigenvalue weighted by Crippen LogP contribution is 2.16. The number of carbonyl (C=O) groups is 1. The van der Waals surface area contributed by atoms with Crippen molar-refractivity contribution in [2.75, 3.05) is 13.2 Å². The summed E-state index contributed by atoms with van der Waals surface area (Å²) in [5, 5.41) is 0. The first-order valence-electron chi connectivity index (χ1n) is 7.31. The Labute approximate surface area is 137 Å². The average Bonchev–Trinajstić information content (AvgIpc) is 2.93. The summed E-state index contributed by atoms with van der Waals surface area (Å²) in [6, 6.07) is 7.98. The molecule has 0 saturated heterocycles. The number of nitrogens with zero attached hydrogens (tertiary/aromatic N) is 4. The van der Waals surface area contributed by atoms with Crippen molar-refractivity contribution in [1.29, 1.82) is 0 Å². The Hall–Kier alpha value is -2.38. The minimum atomic E-state index is -0.394. The predicted molar refractivity (Wildman–Crippen MR) is 88.2 cm³/mol. The van der Waals surface area contributed by atoms with Gasteiger partial charge in [-0.25, -0.2) is 4.98 Å². The summed E-state index contributed by atoms with van der Waals surface area (Å²) >= 11 is 1.48. The highest BCUT2D eigenvalue weighted by molar-refractivity contribution is 7.16. The van der Waals surface area contributed by atoms with Gasteiger partial charge in [0.15, 0.2) is 4.80 Å². The summed E-state index contributed by atoms with van der Waals surface area (Å²) in [4.78, 5) is 25.0. The predicted octanol–water partition coefficient (Wildman–Crippen LogP) is 2.27. The zero-order valence-corrected chi connectivity index (χ0v) is 13.5. The third-order valence-corrected chi connectivity index (χ3v) is 4.29. The number of carbonyl (C=O) groups excluding carboxylic acids is 1. The molecule has 0 atom stereocenters. The SMILES string of the molecule is CCOCCn1c(=NC(=O)c2cnccn2)sc2ccccc21. The Morgan fingerprint density at radius 2 is 2.22 bits per heavy atom. The lowest BCUT2D eigenvalue weighted by molar-refractivity contribution is 0.0991. The first-order chi connectivity index (χ1) is 11.3. The first kappa shape index (κ1) is 15.5. The van der Waals surface area contributed by atoms with Gasteiger partial charge in [0, 0.05) is 25.5 Å². The number of ether oxygens (including phenoxy) is 1. The van der Waals surface area contributed by atoms with Gasteiger partial charge in [0.1, 0.15) is 5.69 Å². The molecule has 2 aromatic heterocycles. The zero-order chi connectivity index (χ0) is 16.1. The lowest BCUT2D eigenvalue weighted by Crippen LogP contribution is -2.20. The van der Waals surface area contributed by atoms with E-state index in [0.29, 0.717) is 24.6 Å². The molecule has 0 spiro atoms. The van der Waals surface area contributed by atoms with E-state index in [2.05, 4.69) is 15.0 Å². The minimum Gasteiger partial charge on any atom is -0.380 e. The van der Waals surface area contributed by atoms with E-state index in [1.165, 1.54) is 29.9 Å². The molecule has 6 nitrogen and oxygen atoms in total. The number of para-hydroxylation sites is 1. The summed E-state index contributed by atoms with van der Waals surface area (Å²) in [7, 11) is 0. The number of hydrogen-bond donors (Lipinski definition) is 0. The number of amides is 1. The number of fused-ring (bicyclic) bond motifs is 1. The molecule has 2 heterocycles. The van der Waals surface area contributed by atoms with Gasteiger partial charge in [-0.15, -0.1) is 0 Å². The molecule has 0 saturated carbocycles. The van der Waals surface area contributed by atoms with Crippen LogP contribution in [0.5, 0.6) is 0 Å². The number of aromatic nitrogens is 3. The van der Waals surface area contributed by atoms with Crippen LogP contribution in [-0.2, 0) is 11.3 Å². The molecule has 0 N–H and O–H groups in total. The fourth-order valence-corrected chi connectivity index (χ4v) is 3.23. The summed E-state index contributed by atoms with van der Waals surface area (Å²) in [5.41, 5.74) is 1.28. The minimum absolute atomic E-state index is 0.237. The van der Waals surface area contributed by atoms with Crippen LogP contribution in [0.15, 0.2) is 47.8 Å². The Bertz CT molecular complexity index is 870. The molecule has 3 rings (SSSR count). The molecule has 23 heavy (non-hydrogen) atoms. The zero-order valence-electron chi connectivity index (χ0n) is 12.7. The van der Waals surface area contributed by atoms with Crippen LogP contribution in [-0.4, -0.2) is 33.7 Å². The molecule has 118 valence electrons. The summed E-state index contributed by atoms with van der Waals surface area (Å²) < 4.78 is 8.52. The van der Waals surface area contributed by atoms with Crippen molar-refractivity contribution in [3.8, 4) is 0 Å². The Morgan fingerprint density at radius 3 is 3.00 bits per heavy atom. The van der Waals surface area contributed by atoms with E-state index in [-0.39, 0.29) is 5.69 Å². The van der Waals surface area contributed by atoms with E-state index in [1.54, 1.807) is 0 Å². The lowest BCUT2D eigenvalue weighted by Gasteiger charge is -2.05. The Balaban J connectivity index is 2.03. The maximum absolute atomic E-state index is 12.3. The number of thiazole rings is 1. The first-order valence-corrected chi connectivity index (χ1v) is 8.12. The van der Waals surface area contributed by atoms with Gasteiger partial charge < -0.3 is 9.30 Å². The van der Waals surface area contributed by atoms with Crippen LogP contribution in [0.3, 0.4) is 0 Å². The van der Waals surface area contributed by atoms with Crippen LogP contribution in [0, 0.1) is 0 Å². The smallest absolute Gasteiger partial charge is 0.299 e. The Morgan fingerprint density at radius 1 is 1.35 bits per heavy atom. The molecular formula is C16H16N4O2S. The Kier molecular flexibility index (Phi) is 4.89. The largest absolute Gasteiger partial charge is 0.380 e. The van der Waals surface area contributed by atoms with E-state index in [0.717, 1.165) is 10.2 Å². The summed E-state index contributed by atoms with van der Waals surface area (Å²) in [5.74, 6) is -0.394. The molecule has 1 aromatic carbocycles. The van der Waals surface area contributed by atoms with Gasteiger partial charge in [-0.2, -0.15) is 4.99 Å². The van der Waals surface area contributed by atoms with Crippen LogP contribution in [0.2, 0.25) is 0 Å². The molecule has 1 amide bonds. The lowest BCUT2D eigenvalue weighted by atomic mass is 10.3. The topological polar surface area (TPSA) is 69.4 Å². The molecule has 0 aliphatic carbocycles. The van der Waals surface area contributed by atoms with Gasteiger partial charge in [-0.3, -0.25) is 9.78 Å². The van der Waals surface area contributed by atoms with Crippen molar-refractivity contribution in [2.45, 2.75) is 13.5 Å². The van der Waals surface area contributed by atoms with Gasteiger partial charge in [0.05, 0.1) is 23.0 Å². The second-order valence-electron chi connectivity index (χ2n) is 4.71. The second-order valence-corrected chi connectivity index (χ2v) is 5.72. The molecular weight excluding hydrogens is 312 g/mol. The van der Waals surface area contributed by atoms with E-state index >= 15 is 0 Å². The number of hydrogen-bond acceptors (Lipinski definition) is 5. The van der Waals surface area contributed by atoms with Crippen molar-refractivity contribution in [2.24, 2.45) is 4.99 Å². The van der Waals surface area contributed by atoms with Crippen LogP contribution in [0.1, 0.15) is 17.4 Å². The van der Waals surface area contributed by atoms with Crippen LogP contribution >= 0.6 is 11.3 Å².